The van der Waals surface area contributed by atoms with Crippen LogP contribution in [0.25, 0.3) is 0 Å². The van der Waals surface area contributed by atoms with E-state index in [4.69, 9.17) is 4.74 Å². The average Bonchev–Trinajstić information content (AvgIpc) is 2.80. The van der Waals surface area contributed by atoms with Crippen molar-refractivity contribution in [2.24, 2.45) is 5.92 Å². The molecule has 0 bridgehead atoms. The van der Waals surface area contributed by atoms with Gasteiger partial charge in [-0.2, -0.15) is 0 Å². The van der Waals surface area contributed by atoms with E-state index >= 15 is 0 Å². The largest absolute Gasteiger partial charge is 0.378 e. The van der Waals surface area contributed by atoms with Gasteiger partial charge in [0.1, 0.15) is 6.33 Å². The van der Waals surface area contributed by atoms with Crippen LogP contribution in [-0.2, 0) is 9.53 Å². The molecular formula is C21H28N6O2. The Morgan fingerprint density at radius 1 is 1.14 bits per heavy atom. The van der Waals surface area contributed by atoms with Crippen LogP contribution < -0.4 is 15.1 Å². The summed E-state index contributed by atoms with van der Waals surface area (Å²) < 4.78 is 5.46. The van der Waals surface area contributed by atoms with Crippen molar-refractivity contribution in [3.63, 3.8) is 0 Å². The molecule has 154 valence electrons. The predicted molar refractivity (Wildman–Crippen MR) is 111 cm³/mol. The molecule has 2 aliphatic heterocycles. The van der Waals surface area contributed by atoms with Gasteiger partial charge in [-0.1, -0.05) is 6.07 Å². The van der Waals surface area contributed by atoms with Crippen LogP contribution in [0.3, 0.4) is 0 Å². The van der Waals surface area contributed by atoms with Crippen LogP contribution in [0.15, 0.2) is 37.1 Å². The molecule has 2 saturated heterocycles. The van der Waals surface area contributed by atoms with E-state index in [1.807, 2.05) is 25.3 Å². The highest BCUT2D eigenvalue weighted by Gasteiger charge is 2.28. The summed E-state index contributed by atoms with van der Waals surface area (Å²) in [7, 11) is 0. The van der Waals surface area contributed by atoms with Crippen molar-refractivity contribution < 1.29 is 9.53 Å². The lowest BCUT2D eigenvalue weighted by atomic mass is 9.95. The summed E-state index contributed by atoms with van der Waals surface area (Å²) in [6.45, 7) is 6.78. The number of nitrogens with one attached hydrogen (secondary N) is 1. The number of hydrogen-bond donors (Lipinski definition) is 1. The van der Waals surface area contributed by atoms with Crippen molar-refractivity contribution in [2.75, 3.05) is 49.2 Å². The molecular weight excluding hydrogens is 368 g/mol. The first-order chi connectivity index (χ1) is 14.2. The zero-order chi connectivity index (χ0) is 20.1. The Bertz CT molecular complexity index is 804. The van der Waals surface area contributed by atoms with Crippen molar-refractivity contribution >= 4 is 17.4 Å². The lowest BCUT2D eigenvalue weighted by Gasteiger charge is -2.36. The minimum absolute atomic E-state index is 0.0295. The number of amides is 1. The fourth-order valence-electron chi connectivity index (χ4n) is 3.99. The fourth-order valence-corrected chi connectivity index (χ4v) is 3.99. The van der Waals surface area contributed by atoms with Crippen molar-refractivity contribution in [1.29, 1.82) is 0 Å². The molecule has 0 radical (unpaired) electrons. The van der Waals surface area contributed by atoms with Crippen LogP contribution in [0.2, 0.25) is 0 Å². The maximum absolute atomic E-state index is 12.7. The number of rotatable bonds is 5. The Morgan fingerprint density at radius 3 is 2.66 bits per heavy atom. The predicted octanol–water partition coefficient (Wildman–Crippen LogP) is 1.80. The highest BCUT2D eigenvalue weighted by atomic mass is 16.5. The van der Waals surface area contributed by atoms with E-state index < -0.39 is 0 Å². The summed E-state index contributed by atoms with van der Waals surface area (Å²) in [6, 6.07) is 3.85. The summed E-state index contributed by atoms with van der Waals surface area (Å²) in [5.41, 5.74) is 2.08. The number of piperidine rings is 1. The second kappa shape index (κ2) is 9.17. The van der Waals surface area contributed by atoms with Gasteiger partial charge in [0.05, 0.1) is 31.1 Å². The van der Waals surface area contributed by atoms with Crippen molar-refractivity contribution in [3.8, 4) is 0 Å². The zero-order valence-corrected chi connectivity index (χ0v) is 16.8. The third-order valence-electron chi connectivity index (χ3n) is 5.73. The maximum Gasteiger partial charge on any atom is 0.223 e. The zero-order valence-electron chi connectivity index (χ0n) is 16.8. The molecule has 1 N–H and O–H groups in total. The molecule has 2 aliphatic rings. The van der Waals surface area contributed by atoms with Gasteiger partial charge in [0, 0.05) is 44.5 Å². The molecule has 2 aromatic heterocycles. The van der Waals surface area contributed by atoms with Crippen molar-refractivity contribution in [1.82, 2.24) is 20.3 Å². The first-order valence-electron chi connectivity index (χ1n) is 10.3. The van der Waals surface area contributed by atoms with Gasteiger partial charge in [0.15, 0.2) is 5.82 Å². The van der Waals surface area contributed by atoms with Crippen LogP contribution in [0.5, 0.6) is 0 Å². The maximum atomic E-state index is 12.7. The minimum Gasteiger partial charge on any atom is -0.378 e. The van der Waals surface area contributed by atoms with Gasteiger partial charge >= 0.3 is 0 Å². The van der Waals surface area contributed by atoms with E-state index in [9.17, 15) is 4.79 Å². The molecule has 4 heterocycles. The molecule has 8 nitrogen and oxygen atoms in total. The molecule has 1 atom stereocenters. The lowest BCUT2D eigenvalue weighted by Crippen LogP contribution is -2.43. The molecule has 0 aliphatic carbocycles. The monoisotopic (exact) mass is 396 g/mol. The van der Waals surface area contributed by atoms with Gasteiger partial charge in [-0.15, -0.1) is 0 Å². The van der Waals surface area contributed by atoms with Crippen LogP contribution >= 0.6 is 0 Å². The molecule has 0 unspecified atom stereocenters. The molecule has 0 saturated carbocycles. The minimum atomic E-state index is -0.0373. The number of carbonyl (C=O) groups is 1. The second-order valence-corrected chi connectivity index (χ2v) is 7.61. The molecule has 8 heteroatoms. The first kappa shape index (κ1) is 19.6. The molecule has 0 aromatic carbocycles. The topological polar surface area (TPSA) is 83.5 Å². The fraction of sp³-hybridized carbons (Fsp3) is 0.524. The van der Waals surface area contributed by atoms with Gasteiger partial charge < -0.3 is 19.9 Å². The standard InChI is InChI=1S/C21H28N6O2/c1-16(18-3-2-6-22-13-18)25-21(28)17-4-7-26(8-5-17)19-14-23-15-24-20(19)27-9-11-29-12-10-27/h2-3,6,13-17H,4-5,7-12H2,1H3,(H,25,28)/t16-/m1/s1. The van der Waals surface area contributed by atoms with E-state index in [-0.39, 0.29) is 17.9 Å². The number of hydrogen-bond acceptors (Lipinski definition) is 7. The first-order valence-corrected chi connectivity index (χ1v) is 10.3. The van der Waals surface area contributed by atoms with Crippen LogP contribution in [-0.4, -0.2) is 60.3 Å². The van der Waals surface area contributed by atoms with Gasteiger partial charge in [-0.25, -0.2) is 9.97 Å². The molecule has 1 amide bonds. The van der Waals surface area contributed by atoms with Crippen LogP contribution in [0, 0.1) is 5.92 Å². The molecule has 4 rings (SSSR count). The smallest absolute Gasteiger partial charge is 0.223 e. The van der Waals surface area contributed by atoms with E-state index in [1.165, 1.54) is 0 Å². The van der Waals surface area contributed by atoms with Crippen molar-refractivity contribution in [3.05, 3.63) is 42.6 Å². The molecule has 29 heavy (non-hydrogen) atoms. The number of aromatic nitrogens is 3. The van der Waals surface area contributed by atoms with Gasteiger partial charge in [-0.05, 0) is 31.4 Å². The Morgan fingerprint density at radius 2 is 1.93 bits per heavy atom. The van der Waals surface area contributed by atoms with E-state index in [2.05, 4.69) is 30.1 Å². The summed E-state index contributed by atoms with van der Waals surface area (Å²) in [5.74, 6) is 1.12. The normalized spacial score (nSPS) is 19.1. The number of ether oxygens (including phenoxy) is 1. The summed E-state index contributed by atoms with van der Waals surface area (Å²) in [4.78, 5) is 30.2. The average molecular weight is 396 g/mol. The van der Waals surface area contributed by atoms with Gasteiger partial charge in [-0.3, -0.25) is 9.78 Å². The second-order valence-electron chi connectivity index (χ2n) is 7.61. The van der Waals surface area contributed by atoms with E-state index in [1.54, 1.807) is 18.7 Å². The van der Waals surface area contributed by atoms with E-state index in [0.29, 0.717) is 0 Å². The molecule has 0 spiro atoms. The highest BCUT2D eigenvalue weighted by Crippen LogP contribution is 2.30. The summed E-state index contributed by atoms with van der Waals surface area (Å²) in [6.07, 6.45) is 8.69. The third kappa shape index (κ3) is 4.64. The third-order valence-corrected chi connectivity index (χ3v) is 5.73. The van der Waals surface area contributed by atoms with Crippen LogP contribution in [0.4, 0.5) is 11.5 Å². The van der Waals surface area contributed by atoms with Crippen molar-refractivity contribution in [2.45, 2.75) is 25.8 Å². The highest BCUT2D eigenvalue weighted by molar-refractivity contribution is 5.79. The van der Waals surface area contributed by atoms with Gasteiger partial charge in [0.25, 0.3) is 0 Å². The Labute approximate surface area is 171 Å². The summed E-state index contributed by atoms with van der Waals surface area (Å²) >= 11 is 0. The SMILES string of the molecule is C[C@@H](NC(=O)C1CCN(c2cncnc2N2CCOCC2)CC1)c1cccnc1. The lowest BCUT2D eigenvalue weighted by molar-refractivity contribution is -0.126. The Hall–Kier alpha value is -2.74. The Kier molecular flexibility index (Phi) is 6.19. The number of morpholine rings is 1. The number of nitrogens with zero attached hydrogens (tertiary/aromatic N) is 5. The molecule has 2 fully saturated rings. The number of pyridine rings is 1. The van der Waals surface area contributed by atoms with Crippen LogP contribution in [0.1, 0.15) is 31.4 Å². The number of carbonyl (C=O) groups excluding carboxylic acids is 1. The Balaban J connectivity index is 1.35. The quantitative estimate of drug-likeness (QED) is 0.825. The summed E-state index contributed by atoms with van der Waals surface area (Å²) in [5, 5.41) is 3.14. The molecule has 2 aromatic rings. The number of anilines is 2. The van der Waals surface area contributed by atoms with Gasteiger partial charge in [0.2, 0.25) is 5.91 Å². The van der Waals surface area contributed by atoms with E-state index in [0.717, 1.165) is 69.3 Å².